The summed E-state index contributed by atoms with van der Waals surface area (Å²) in [6.45, 7) is -0.510. The third-order valence-electron chi connectivity index (χ3n) is 1.84. The standard InChI is InChI=1S/C10H10O5S/c11-9(12)4-15-8-3-6(10(13)14)1-2-7(8)5-16/h1-3,16H,4-5H2,(H,11,12)(H,13,14). The molecule has 0 bridgehead atoms. The van der Waals surface area contributed by atoms with Crippen molar-refractivity contribution in [3.8, 4) is 5.75 Å². The first-order chi connectivity index (χ1) is 7.54. The van der Waals surface area contributed by atoms with Crippen LogP contribution in [0.4, 0.5) is 0 Å². The number of aliphatic carboxylic acids is 1. The number of carboxylic acids is 2. The monoisotopic (exact) mass is 242 g/mol. The van der Waals surface area contributed by atoms with Crippen molar-refractivity contribution in [2.24, 2.45) is 0 Å². The van der Waals surface area contributed by atoms with Crippen LogP contribution in [0, 0.1) is 0 Å². The second-order valence-electron chi connectivity index (χ2n) is 2.97. The molecule has 1 aromatic rings. The lowest BCUT2D eigenvalue weighted by atomic mass is 10.1. The second kappa shape index (κ2) is 5.41. The van der Waals surface area contributed by atoms with Gasteiger partial charge in [-0.2, -0.15) is 12.6 Å². The largest absolute Gasteiger partial charge is 0.482 e. The number of hydrogen-bond donors (Lipinski definition) is 3. The molecule has 0 spiro atoms. The highest BCUT2D eigenvalue weighted by atomic mass is 32.1. The molecule has 0 aliphatic heterocycles. The second-order valence-corrected chi connectivity index (χ2v) is 3.28. The van der Waals surface area contributed by atoms with Crippen molar-refractivity contribution < 1.29 is 24.5 Å². The Morgan fingerprint density at radius 2 is 2.00 bits per heavy atom. The molecular weight excluding hydrogens is 232 g/mol. The first-order valence-corrected chi connectivity index (χ1v) is 4.99. The van der Waals surface area contributed by atoms with E-state index in [1.54, 1.807) is 6.07 Å². The molecule has 1 rings (SSSR count). The summed E-state index contributed by atoms with van der Waals surface area (Å²) in [5, 5.41) is 17.2. The fourth-order valence-electron chi connectivity index (χ4n) is 1.09. The highest BCUT2D eigenvalue weighted by molar-refractivity contribution is 7.79. The smallest absolute Gasteiger partial charge is 0.341 e. The Labute approximate surface area is 97.1 Å². The number of benzene rings is 1. The zero-order valence-corrected chi connectivity index (χ0v) is 9.11. The molecule has 0 saturated carbocycles. The molecule has 5 nitrogen and oxygen atoms in total. The van der Waals surface area contributed by atoms with Crippen LogP contribution in [-0.4, -0.2) is 28.8 Å². The molecule has 2 N–H and O–H groups in total. The maximum absolute atomic E-state index is 10.7. The number of rotatable bonds is 5. The molecule has 0 radical (unpaired) electrons. The van der Waals surface area contributed by atoms with Crippen LogP contribution in [0.5, 0.6) is 5.75 Å². The summed E-state index contributed by atoms with van der Waals surface area (Å²) in [6.07, 6.45) is 0. The fraction of sp³-hybridized carbons (Fsp3) is 0.200. The third kappa shape index (κ3) is 3.16. The molecule has 1 aromatic carbocycles. The normalized spacial score (nSPS) is 9.81. The first-order valence-electron chi connectivity index (χ1n) is 4.36. The number of aromatic carboxylic acids is 1. The fourth-order valence-corrected chi connectivity index (χ4v) is 1.35. The van der Waals surface area contributed by atoms with Crippen LogP contribution in [0.15, 0.2) is 18.2 Å². The minimum Gasteiger partial charge on any atom is -0.482 e. The number of thiol groups is 1. The average molecular weight is 242 g/mol. The van der Waals surface area contributed by atoms with Crippen molar-refractivity contribution in [3.05, 3.63) is 29.3 Å². The van der Waals surface area contributed by atoms with Gasteiger partial charge in [0.05, 0.1) is 5.56 Å². The lowest BCUT2D eigenvalue weighted by molar-refractivity contribution is -0.139. The predicted molar refractivity (Wildman–Crippen MR) is 59.2 cm³/mol. The summed E-state index contributed by atoms with van der Waals surface area (Å²) in [4.78, 5) is 21.0. The van der Waals surface area contributed by atoms with Gasteiger partial charge < -0.3 is 14.9 Å². The summed E-state index contributed by atoms with van der Waals surface area (Å²) in [7, 11) is 0. The molecule has 0 atom stereocenters. The molecule has 0 amide bonds. The van der Waals surface area contributed by atoms with Gasteiger partial charge in [0.1, 0.15) is 5.75 Å². The minimum atomic E-state index is -1.12. The molecule has 0 saturated heterocycles. The average Bonchev–Trinajstić information content (AvgIpc) is 2.25. The molecular formula is C10H10O5S. The van der Waals surface area contributed by atoms with E-state index in [2.05, 4.69) is 12.6 Å². The quantitative estimate of drug-likeness (QED) is 0.677. The molecule has 0 unspecified atom stereocenters. The first kappa shape index (κ1) is 12.4. The van der Waals surface area contributed by atoms with Gasteiger partial charge in [0.15, 0.2) is 6.61 Å². The van der Waals surface area contributed by atoms with E-state index in [1.165, 1.54) is 12.1 Å². The Kier molecular flexibility index (Phi) is 4.19. The van der Waals surface area contributed by atoms with Gasteiger partial charge in [0.2, 0.25) is 0 Å². The Balaban J connectivity index is 2.97. The van der Waals surface area contributed by atoms with E-state index in [0.29, 0.717) is 11.3 Å². The topological polar surface area (TPSA) is 83.8 Å². The van der Waals surface area contributed by atoms with Crippen molar-refractivity contribution in [2.75, 3.05) is 6.61 Å². The van der Waals surface area contributed by atoms with E-state index in [9.17, 15) is 9.59 Å². The van der Waals surface area contributed by atoms with Gasteiger partial charge in [0.25, 0.3) is 0 Å². The van der Waals surface area contributed by atoms with Gasteiger partial charge in [0, 0.05) is 11.3 Å². The van der Waals surface area contributed by atoms with Crippen LogP contribution >= 0.6 is 12.6 Å². The molecule has 0 fully saturated rings. The SMILES string of the molecule is O=C(O)COc1cc(C(=O)O)ccc1CS. The van der Waals surface area contributed by atoms with Crippen molar-refractivity contribution >= 4 is 24.6 Å². The van der Waals surface area contributed by atoms with Crippen LogP contribution in [0.2, 0.25) is 0 Å². The third-order valence-corrected chi connectivity index (χ3v) is 2.18. The number of hydrogen-bond acceptors (Lipinski definition) is 4. The Bertz CT molecular complexity index is 416. The van der Waals surface area contributed by atoms with E-state index in [-0.39, 0.29) is 11.3 Å². The molecule has 0 aliphatic carbocycles. The summed E-state index contributed by atoms with van der Waals surface area (Å²) in [6, 6.07) is 4.26. The van der Waals surface area contributed by atoms with Crippen molar-refractivity contribution in [2.45, 2.75) is 5.75 Å². The van der Waals surface area contributed by atoms with Crippen molar-refractivity contribution in [3.63, 3.8) is 0 Å². The van der Waals surface area contributed by atoms with Gasteiger partial charge in [-0.05, 0) is 12.1 Å². The summed E-state index contributed by atoms with van der Waals surface area (Å²) < 4.78 is 4.97. The summed E-state index contributed by atoms with van der Waals surface area (Å²) in [5.74, 6) is -1.64. The lowest BCUT2D eigenvalue weighted by Gasteiger charge is -2.09. The molecule has 86 valence electrons. The highest BCUT2D eigenvalue weighted by Crippen LogP contribution is 2.22. The van der Waals surface area contributed by atoms with Crippen molar-refractivity contribution in [1.29, 1.82) is 0 Å². The number of carboxylic acid groups (broad SMARTS) is 2. The highest BCUT2D eigenvalue weighted by Gasteiger charge is 2.09. The van der Waals surface area contributed by atoms with E-state index < -0.39 is 18.5 Å². The Morgan fingerprint density at radius 3 is 2.50 bits per heavy atom. The van der Waals surface area contributed by atoms with Crippen LogP contribution in [0.1, 0.15) is 15.9 Å². The molecule has 6 heteroatoms. The van der Waals surface area contributed by atoms with Gasteiger partial charge in [-0.3, -0.25) is 0 Å². The van der Waals surface area contributed by atoms with Crippen LogP contribution in [0.3, 0.4) is 0 Å². The van der Waals surface area contributed by atoms with Crippen LogP contribution < -0.4 is 4.74 Å². The van der Waals surface area contributed by atoms with Crippen LogP contribution in [0.25, 0.3) is 0 Å². The van der Waals surface area contributed by atoms with Gasteiger partial charge in [-0.1, -0.05) is 6.07 Å². The van der Waals surface area contributed by atoms with Crippen molar-refractivity contribution in [1.82, 2.24) is 0 Å². The Hall–Kier alpha value is -1.69. The predicted octanol–water partition coefficient (Wildman–Crippen LogP) is 1.28. The Morgan fingerprint density at radius 1 is 1.31 bits per heavy atom. The van der Waals surface area contributed by atoms with E-state index in [4.69, 9.17) is 14.9 Å². The molecule has 0 aliphatic rings. The van der Waals surface area contributed by atoms with Crippen LogP contribution in [-0.2, 0) is 10.5 Å². The molecule has 16 heavy (non-hydrogen) atoms. The summed E-state index contributed by atoms with van der Waals surface area (Å²) in [5.41, 5.74) is 0.695. The number of carbonyl (C=O) groups is 2. The maximum atomic E-state index is 10.7. The zero-order chi connectivity index (χ0) is 12.1. The van der Waals surface area contributed by atoms with E-state index in [0.717, 1.165) is 0 Å². The maximum Gasteiger partial charge on any atom is 0.341 e. The number of ether oxygens (including phenoxy) is 1. The van der Waals surface area contributed by atoms with Gasteiger partial charge in [-0.15, -0.1) is 0 Å². The van der Waals surface area contributed by atoms with E-state index in [1.807, 2.05) is 0 Å². The van der Waals surface area contributed by atoms with Gasteiger partial charge in [-0.25, -0.2) is 9.59 Å². The van der Waals surface area contributed by atoms with E-state index >= 15 is 0 Å². The molecule has 0 heterocycles. The van der Waals surface area contributed by atoms with Gasteiger partial charge >= 0.3 is 11.9 Å². The lowest BCUT2D eigenvalue weighted by Crippen LogP contribution is -2.11. The summed E-state index contributed by atoms with van der Waals surface area (Å²) >= 11 is 4.04. The zero-order valence-electron chi connectivity index (χ0n) is 8.21. The minimum absolute atomic E-state index is 0.0472. The molecule has 0 aromatic heterocycles.